The maximum absolute atomic E-state index is 12.6. The second kappa shape index (κ2) is 7.18. The molecule has 0 spiro atoms. The number of anilines is 1. The zero-order valence-electron chi connectivity index (χ0n) is 14.6. The Morgan fingerprint density at radius 2 is 1.54 bits per heavy atom. The Balaban J connectivity index is 2.00. The van der Waals surface area contributed by atoms with Gasteiger partial charge in [0, 0.05) is 0 Å². The van der Waals surface area contributed by atoms with E-state index in [0.29, 0.717) is 28.5 Å². The molecule has 0 unspecified atom stereocenters. The van der Waals surface area contributed by atoms with Gasteiger partial charge >= 0.3 is 0 Å². The number of rotatable bonds is 5. The van der Waals surface area contributed by atoms with Crippen molar-refractivity contribution in [2.75, 3.05) is 26.3 Å². The molecule has 0 radical (unpaired) electrons. The summed E-state index contributed by atoms with van der Waals surface area (Å²) in [7, 11) is 4.50. The average Bonchev–Trinajstić information content (AvgIpc) is 2.96. The van der Waals surface area contributed by atoms with Crippen LogP contribution in [0.5, 0.6) is 17.2 Å². The predicted molar refractivity (Wildman–Crippen MR) is 96.1 cm³/mol. The number of hydrogen-bond acceptors (Lipinski definition) is 5. The topological polar surface area (TPSA) is 77.1 Å². The number of carbonyl (C=O) groups excluding carboxylic acids is 2. The first-order valence-electron chi connectivity index (χ1n) is 7.81. The van der Waals surface area contributed by atoms with E-state index in [2.05, 4.69) is 5.43 Å². The number of ether oxygens (including phenoxy) is 3. The van der Waals surface area contributed by atoms with Gasteiger partial charge in [-0.15, -0.1) is 0 Å². The molecule has 1 N–H and O–H groups in total. The molecule has 1 aliphatic rings. The number of para-hydroxylation sites is 1. The summed E-state index contributed by atoms with van der Waals surface area (Å²) < 4.78 is 15.9. The fraction of sp³-hybridized carbons (Fsp3) is 0.158. The molecule has 1 heterocycles. The van der Waals surface area contributed by atoms with Crippen LogP contribution in [0.15, 0.2) is 48.0 Å². The zero-order chi connectivity index (χ0) is 18.7. The minimum absolute atomic E-state index is 0.0168. The van der Waals surface area contributed by atoms with Crippen LogP contribution >= 0.6 is 0 Å². The summed E-state index contributed by atoms with van der Waals surface area (Å²) >= 11 is 0. The molecule has 0 atom stereocenters. The van der Waals surface area contributed by atoms with Gasteiger partial charge in [0.1, 0.15) is 5.57 Å². The normalized spacial score (nSPS) is 15.2. The van der Waals surface area contributed by atoms with Crippen LogP contribution in [-0.2, 0) is 9.59 Å². The molecule has 2 aromatic rings. The highest BCUT2D eigenvalue weighted by molar-refractivity contribution is 6.31. The Hall–Kier alpha value is -3.48. The standard InChI is InChI=1S/C19H18N2O5/c1-24-15-10-12(11-16(25-2)17(15)26-3)9-14-18(22)20-21(19(14)23)13-7-5-4-6-8-13/h4-11H,1-3H3,(H,20,22). The number of carbonyl (C=O) groups is 2. The Labute approximate surface area is 150 Å². The van der Waals surface area contributed by atoms with Gasteiger partial charge in [-0.25, -0.2) is 5.01 Å². The van der Waals surface area contributed by atoms with Gasteiger partial charge in [-0.3, -0.25) is 15.0 Å². The maximum atomic E-state index is 12.6. The number of amides is 2. The van der Waals surface area contributed by atoms with E-state index in [9.17, 15) is 9.59 Å². The van der Waals surface area contributed by atoms with Crippen molar-refractivity contribution in [2.45, 2.75) is 0 Å². The van der Waals surface area contributed by atoms with E-state index in [1.807, 2.05) is 6.07 Å². The van der Waals surface area contributed by atoms with Gasteiger partial charge < -0.3 is 14.2 Å². The van der Waals surface area contributed by atoms with Crippen LogP contribution in [0.25, 0.3) is 6.08 Å². The molecule has 7 nitrogen and oxygen atoms in total. The summed E-state index contributed by atoms with van der Waals surface area (Å²) in [6.07, 6.45) is 1.49. The second-order valence-electron chi connectivity index (χ2n) is 5.43. The van der Waals surface area contributed by atoms with Gasteiger partial charge in [-0.1, -0.05) is 18.2 Å². The number of nitrogens with one attached hydrogen (secondary N) is 1. The number of benzene rings is 2. The van der Waals surface area contributed by atoms with E-state index in [4.69, 9.17) is 14.2 Å². The van der Waals surface area contributed by atoms with Crippen molar-refractivity contribution in [3.05, 3.63) is 53.6 Å². The third-order valence-electron chi connectivity index (χ3n) is 3.90. The van der Waals surface area contributed by atoms with E-state index in [1.165, 1.54) is 32.4 Å². The SMILES string of the molecule is COc1cc(C=C2C(=O)NN(c3ccccc3)C2=O)cc(OC)c1OC. The highest BCUT2D eigenvalue weighted by Gasteiger charge is 2.34. The van der Waals surface area contributed by atoms with Crippen LogP contribution in [0, 0.1) is 0 Å². The Morgan fingerprint density at radius 1 is 0.923 bits per heavy atom. The lowest BCUT2D eigenvalue weighted by Crippen LogP contribution is -2.35. The number of hydrogen-bond donors (Lipinski definition) is 1. The molecule has 0 aromatic heterocycles. The Bertz CT molecular complexity index is 852. The summed E-state index contributed by atoms with van der Waals surface area (Å²) in [4.78, 5) is 24.9. The van der Waals surface area contributed by atoms with Crippen molar-refractivity contribution in [1.29, 1.82) is 0 Å². The molecule has 3 rings (SSSR count). The smallest absolute Gasteiger partial charge is 0.282 e. The number of hydrazine groups is 1. The quantitative estimate of drug-likeness (QED) is 0.658. The first-order valence-corrected chi connectivity index (χ1v) is 7.81. The molecule has 26 heavy (non-hydrogen) atoms. The van der Waals surface area contributed by atoms with Crippen molar-refractivity contribution >= 4 is 23.6 Å². The van der Waals surface area contributed by atoms with E-state index >= 15 is 0 Å². The third kappa shape index (κ3) is 3.06. The lowest BCUT2D eigenvalue weighted by molar-refractivity contribution is -0.117. The molecule has 1 aliphatic heterocycles. The fourth-order valence-electron chi connectivity index (χ4n) is 2.67. The first-order chi connectivity index (χ1) is 12.6. The summed E-state index contributed by atoms with van der Waals surface area (Å²) in [5, 5.41) is 1.21. The molecular formula is C19H18N2O5. The molecular weight excluding hydrogens is 336 g/mol. The predicted octanol–water partition coefficient (Wildman–Crippen LogP) is 2.17. The van der Waals surface area contributed by atoms with Crippen molar-refractivity contribution in [3.63, 3.8) is 0 Å². The largest absolute Gasteiger partial charge is 0.493 e. The van der Waals surface area contributed by atoms with Crippen LogP contribution in [-0.4, -0.2) is 33.1 Å². The maximum Gasteiger partial charge on any atom is 0.282 e. The average molecular weight is 354 g/mol. The van der Waals surface area contributed by atoms with E-state index < -0.39 is 11.8 Å². The van der Waals surface area contributed by atoms with Crippen LogP contribution in [0.4, 0.5) is 5.69 Å². The number of nitrogens with zero attached hydrogens (tertiary/aromatic N) is 1. The van der Waals surface area contributed by atoms with Gasteiger partial charge in [0.15, 0.2) is 11.5 Å². The molecule has 0 saturated carbocycles. The van der Waals surface area contributed by atoms with E-state index in [1.54, 1.807) is 36.4 Å². The van der Waals surface area contributed by atoms with Crippen LogP contribution < -0.4 is 24.6 Å². The molecule has 0 aliphatic carbocycles. The molecule has 1 fully saturated rings. The number of methoxy groups -OCH3 is 3. The fourth-order valence-corrected chi connectivity index (χ4v) is 2.67. The Morgan fingerprint density at radius 3 is 2.08 bits per heavy atom. The monoisotopic (exact) mass is 354 g/mol. The minimum atomic E-state index is -0.479. The van der Waals surface area contributed by atoms with Crippen LogP contribution in [0.3, 0.4) is 0 Å². The zero-order valence-corrected chi connectivity index (χ0v) is 14.6. The minimum Gasteiger partial charge on any atom is -0.493 e. The van der Waals surface area contributed by atoms with E-state index in [0.717, 1.165) is 0 Å². The summed E-state index contributed by atoms with van der Waals surface area (Å²) in [6.45, 7) is 0. The molecule has 134 valence electrons. The summed E-state index contributed by atoms with van der Waals surface area (Å²) in [5.74, 6) is 0.391. The third-order valence-corrected chi connectivity index (χ3v) is 3.90. The lowest BCUT2D eigenvalue weighted by Gasteiger charge is -2.14. The molecule has 2 aromatic carbocycles. The Kier molecular flexibility index (Phi) is 4.79. The second-order valence-corrected chi connectivity index (χ2v) is 5.43. The molecule has 0 bridgehead atoms. The first kappa shape index (κ1) is 17.3. The van der Waals surface area contributed by atoms with Gasteiger partial charge in [0.2, 0.25) is 5.75 Å². The lowest BCUT2D eigenvalue weighted by atomic mass is 10.1. The van der Waals surface area contributed by atoms with Crippen molar-refractivity contribution in [1.82, 2.24) is 5.43 Å². The highest BCUT2D eigenvalue weighted by atomic mass is 16.5. The van der Waals surface area contributed by atoms with Crippen LogP contribution in [0.2, 0.25) is 0 Å². The van der Waals surface area contributed by atoms with Gasteiger partial charge in [0.05, 0.1) is 27.0 Å². The summed E-state index contributed by atoms with van der Waals surface area (Å²) in [6, 6.07) is 12.2. The van der Waals surface area contributed by atoms with Gasteiger partial charge in [0.25, 0.3) is 11.8 Å². The van der Waals surface area contributed by atoms with Gasteiger partial charge in [-0.2, -0.15) is 0 Å². The molecule has 1 saturated heterocycles. The van der Waals surface area contributed by atoms with E-state index in [-0.39, 0.29) is 5.57 Å². The highest BCUT2D eigenvalue weighted by Crippen LogP contribution is 2.39. The molecule has 2 amide bonds. The van der Waals surface area contributed by atoms with Crippen molar-refractivity contribution < 1.29 is 23.8 Å². The molecule has 7 heteroatoms. The van der Waals surface area contributed by atoms with Gasteiger partial charge in [-0.05, 0) is 35.9 Å². The van der Waals surface area contributed by atoms with Crippen molar-refractivity contribution in [3.8, 4) is 17.2 Å². The van der Waals surface area contributed by atoms with Crippen LogP contribution in [0.1, 0.15) is 5.56 Å². The van der Waals surface area contributed by atoms with Crippen molar-refractivity contribution in [2.24, 2.45) is 0 Å². The summed E-state index contributed by atoms with van der Waals surface area (Å²) in [5.41, 5.74) is 3.74.